The smallest absolute Gasteiger partial charge is 0.329 e. The first-order valence-electron chi connectivity index (χ1n) is 5.65. The number of hydrogen-bond acceptors (Lipinski definition) is 5. The molecule has 3 rings (SSSR count). The van der Waals surface area contributed by atoms with E-state index in [4.69, 9.17) is 25.8 Å². The van der Waals surface area contributed by atoms with Gasteiger partial charge >= 0.3 is 5.69 Å². The largest absolute Gasteiger partial charge is 0.454 e. The summed E-state index contributed by atoms with van der Waals surface area (Å²) in [6.45, 7) is 0.149. The van der Waals surface area contributed by atoms with Crippen LogP contribution in [-0.2, 0) is 0 Å². The maximum atomic E-state index is 11.0. The molecule has 102 valence electrons. The van der Waals surface area contributed by atoms with E-state index in [1.54, 1.807) is 24.3 Å². The molecule has 0 saturated heterocycles. The Morgan fingerprint density at radius 3 is 2.80 bits per heavy atom. The quantitative estimate of drug-likeness (QED) is 0.636. The molecule has 0 atom stereocenters. The van der Waals surface area contributed by atoms with Gasteiger partial charge in [0.25, 0.3) is 0 Å². The monoisotopic (exact) mass is 293 g/mol. The van der Waals surface area contributed by atoms with Crippen LogP contribution in [0.2, 0.25) is 5.02 Å². The number of nitro groups is 1. The maximum absolute atomic E-state index is 11.0. The van der Waals surface area contributed by atoms with Crippen molar-refractivity contribution in [3.05, 3.63) is 51.5 Å². The third kappa shape index (κ3) is 2.21. The fourth-order valence-electron chi connectivity index (χ4n) is 1.82. The van der Waals surface area contributed by atoms with E-state index in [1.807, 2.05) is 0 Å². The molecule has 0 aromatic heterocycles. The SMILES string of the molecule is O=[N+]([O-])c1c(Cl)cccc1Oc1ccc2c(c1)OCO2. The molecule has 7 heteroatoms. The van der Waals surface area contributed by atoms with Crippen molar-refractivity contribution < 1.29 is 19.1 Å². The summed E-state index contributed by atoms with van der Waals surface area (Å²) in [5.41, 5.74) is -0.271. The van der Waals surface area contributed by atoms with Gasteiger partial charge in [-0.2, -0.15) is 0 Å². The number of nitro benzene ring substituents is 1. The van der Waals surface area contributed by atoms with E-state index < -0.39 is 4.92 Å². The Hall–Kier alpha value is -2.47. The summed E-state index contributed by atoms with van der Waals surface area (Å²) < 4.78 is 15.9. The van der Waals surface area contributed by atoms with Crippen molar-refractivity contribution >= 4 is 17.3 Å². The van der Waals surface area contributed by atoms with E-state index >= 15 is 0 Å². The summed E-state index contributed by atoms with van der Waals surface area (Å²) in [6, 6.07) is 9.41. The zero-order chi connectivity index (χ0) is 14.1. The molecule has 0 spiro atoms. The minimum Gasteiger partial charge on any atom is -0.454 e. The normalized spacial score (nSPS) is 12.2. The van der Waals surface area contributed by atoms with Crippen LogP contribution in [0.1, 0.15) is 0 Å². The second-order valence-corrected chi connectivity index (χ2v) is 4.37. The van der Waals surface area contributed by atoms with Gasteiger partial charge in [0.1, 0.15) is 10.8 Å². The van der Waals surface area contributed by atoms with Crippen LogP contribution < -0.4 is 14.2 Å². The molecule has 1 aliphatic rings. The first-order chi connectivity index (χ1) is 9.65. The van der Waals surface area contributed by atoms with E-state index in [2.05, 4.69) is 0 Å². The molecular formula is C13H8ClNO5. The molecule has 20 heavy (non-hydrogen) atoms. The highest BCUT2D eigenvalue weighted by molar-refractivity contribution is 6.32. The lowest BCUT2D eigenvalue weighted by Crippen LogP contribution is -1.94. The molecule has 0 N–H and O–H groups in total. The van der Waals surface area contributed by atoms with Crippen LogP contribution in [0.5, 0.6) is 23.0 Å². The van der Waals surface area contributed by atoms with Crippen LogP contribution in [0, 0.1) is 10.1 Å². The molecule has 2 aromatic carbocycles. The predicted octanol–water partition coefficient (Wildman–Crippen LogP) is 3.77. The Balaban J connectivity index is 1.95. The molecule has 0 aliphatic carbocycles. The highest BCUT2D eigenvalue weighted by Gasteiger charge is 2.21. The van der Waals surface area contributed by atoms with Crippen molar-refractivity contribution in [2.24, 2.45) is 0 Å². The molecule has 0 amide bonds. The molecule has 2 aromatic rings. The number of benzene rings is 2. The maximum Gasteiger partial charge on any atom is 0.329 e. The third-order valence-corrected chi connectivity index (χ3v) is 3.01. The molecule has 0 unspecified atom stereocenters. The summed E-state index contributed by atoms with van der Waals surface area (Å²) >= 11 is 5.82. The average Bonchev–Trinajstić information content (AvgIpc) is 2.85. The second-order valence-electron chi connectivity index (χ2n) is 3.96. The van der Waals surface area contributed by atoms with Crippen molar-refractivity contribution in [2.45, 2.75) is 0 Å². The van der Waals surface area contributed by atoms with Gasteiger partial charge in [-0.1, -0.05) is 17.7 Å². The van der Waals surface area contributed by atoms with Gasteiger partial charge < -0.3 is 14.2 Å². The van der Waals surface area contributed by atoms with E-state index in [-0.39, 0.29) is 23.3 Å². The third-order valence-electron chi connectivity index (χ3n) is 2.70. The van der Waals surface area contributed by atoms with Gasteiger partial charge in [0.15, 0.2) is 11.5 Å². The van der Waals surface area contributed by atoms with Crippen LogP contribution >= 0.6 is 11.6 Å². The number of ether oxygens (including phenoxy) is 3. The van der Waals surface area contributed by atoms with Crippen molar-refractivity contribution in [1.29, 1.82) is 0 Å². The summed E-state index contributed by atoms with van der Waals surface area (Å²) in [7, 11) is 0. The molecule has 0 bridgehead atoms. The molecule has 0 radical (unpaired) electrons. The fourth-order valence-corrected chi connectivity index (χ4v) is 2.06. The van der Waals surface area contributed by atoms with Crippen molar-refractivity contribution in [3.63, 3.8) is 0 Å². The highest BCUT2D eigenvalue weighted by atomic mass is 35.5. The number of hydrogen-bond donors (Lipinski definition) is 0. The summed E-state index contributed by atoms with van der Waals surface area (Å²) in [5.74, 6) is 1.62. The minimum atomic E-state index is -0.579. The van der Waals surface area contributed by atoms with Gasteiger partial charge in [-0.3, -0.25) is 10.1 Å². The van der Waals surface area contributed by atoms with Gasteiger partial charge in [-0.05, 0) is 24.3 Å². The molecule has 0 saturated carbocycles. The lowest BCUT2D eigenvalue weighted by atomic mass is 10.2. The van der Waals surface area contributed by atoms with E-state index in [0.29, 0.717) is 17.2 Å². The Bertz CT molecular complexity index is 688. The summed E-state index contributed by atoms with van der Waals surface area (Å²) in [6.07, 6.45) is 0. The number of nitrogens with zero attached hydrogens (tertiary/aromatic N) is 1. The Kier molecular flexibility index (Phi) is 3.08. The fraction of sp³-hybridized carbons (Fsp3) is 0.0769. The minimum absolute atomic E-state index is 0.0215. The van der Waals surface area contributed by atoms with Gasteiger partial charge in [0.05, 0.1) is 4.92 Å². The zero-order valence-electron chi connectivity index (χ0n) is 10.0. The lowest BCUT2D eigenvalue weighted by molar-refractivity contribution is -0.385. The number of para-hydroxylation sites is 1. The highest BCUT2D eigenvalue weighted by Crippen LogP contribution is 2.40. The van der Waals surface area contributed by atoms with Crippen LogP contribution in [0.15, 0.2) is 36.4 Å². The van der Waals surface area contributed by atoms with E-state index in [9.17, 15) is 10.1 Å². The molecule has 6 nitrogen and oxygen atoms in total. The number of halogens is 1. The van der Waals surface area contributed by atoms with Gasteiger partial charge in [0.2, 0.25) is 12.5 Å². The summed E-state index contributed by atoms with van der Waals surface area (Å²) in [5, 5.41) is 11.0. The molecular weight excluding hydrogens is 286 g/mol. The Morgan fingerprint density at radius 2 is 2.00 bits per heavy atom. The van der Waals surface area contributed by atoms with Crippen molar-refractivity contribution in [2.75, 3.05) is 6.79 Å². The van der Waals surface area contributed by atoms with Crippen LogP contribution in [-0.4, -0.2) is 11.7 Å². The van der Waals surface area contributed by atoms with Gasteiger partial charge in [-0.15, -0.1) is 0 Å². The zero-order valence-corrected chi connectivity index (χ0v) is 10.8. The summed E-state index contributed by atoms with van der Waals surface area (Å²) in [4.78, 5) is 10.4. The standard InChI is InChI=1S/C13H8ClNO5/c14-9-2-1-3-11(13(9)15(16)17)20-8-4-5-10-12(6-8)19-7-18-10/h1-6H,7H2. The average molecular weight is 294 g/mol. The van der Waals surface area contributed by atoms with Gasteiger partial charge in [-0.25, -0.2) is 0 Å². The Morgan fingerprint density at radius 1 is 1.20 bits per heavy atom. The first-order valence-corrected chi connectivity index (χ1v) is 6.03. The van der Waals surface area contributed by atoms with E-state index in [0.717, 1.165) is 0 Å². The van der Waals surface area contributed by atoms with Gasteiger partial charge in [0, 0.05) is 6.07 Å². The van der Waals surface area contributed by atoms with Crippen LogP contribution in [0.3, 0.4) is 0 Å². The second kappa shape index (κ2) is 4.90. The molecule has 0 fully saturated rings. The van der Waals surface area contributed by atoms with Crippen molar-refractivity contribution in [3.8, 4) is 23.0 Å². The predicted molar refractivity (Wildman–Crippen MR) is 70.7 cm³/mol. The first kappa shape index (κ1) is 12.6. The Labute approximate surface area is 118 Å². The molecule has 1 aliphatic heterocycles. The van der Waals surface area contributed by atoms with E-state index in [1.165, 1.54) is 12.1 Å². The number of rotatable bonds is 3. The number of fused-ring (bicyclic) bond motifs is 1. The lowest BCUT2D eigenvalue weighted by Gasteiger charge is -2.07. The van der Waals surface area contributed by atoms with Crippen LogP contribution in [0.4, 0.5) is 5.69 Å². The van der Waals surface area contributed by atoms with Crippen LogP contribution in [0.25, 0.3) is 0 Å². The van der Waals surface area contributed by atoms with Crippen molar-refractivity contribution in [1.82, 2.24) is 0 Å². The topological polar surface area (TPSA) is 70.8 Å². The molecule has 1 heterocycles.